The fourth-order valence-corrected chi connectivity index (χ4v) is 10.4. The zero-order valence-electron chi connectivity index (χ0n) is 23.1. The van der Waals surface area contributed by atoms with Crippen LogP contribution in [-0.2, 0) is 9.47 Å². The highest BCUT2D eigenvalue weighted by molar-refractivity contribution is 5.67. The van der Waals surface area contributed by atoms with Crippen LogP contribution in [0.4, 0.5) is 4.79 Å². The van der Waals surface area contributed by atoms with E-state index in [2.05, 4.69) is 24.1 Å². The van der Waals surface area contributed by atoms with Crippen molar-refractivity contribution in [2.24, 2.45) is 28.6 Å². The van der Waals surface area contributed by atoms with E-state index >= 15 is 0 Å². The van der Waals surface area contributed by atoms with Gasteiger partial charge in [-0.05, 0) is 118 Å². The molecule has 208 valence electrons. The van der Waals surface area contributed by atoms with Gasteiger partial charge in [0.25, 0.3) is 0 Å². The van der Waals surface area contributed by atoms with Crippen LogP contribution >= 0.6 is 0 Å². The molecular formula is C31H44N2O5. The lowest BCUT2D eigenvalue weighted by Gasteiger charge is -2.61. The summed E-state index contributed by atoms with van der Waals surface area (Å²) in [5.41, 5.74) is 1.28. The molecule has 6 aliphatic rings. The van der Waals surface area contributed by atoms with Gasteiger partial charge in [0.1, 0.15) is 12.2 Å². The largest absolute Gasteiger partial charge is 0.448 e. The summed E-state index contributed by atoms with van der Waals surface area (Å²) in [6.45, 7) is 8.61. The third-order valence-corrected chi connectivity index (χ3v) is 12.4. The number of nitrogens with one attached hydrogen (secondary N) is 1. The summed E-state index contributed by atoms with van der Waals surface area (Å²) in [4.78, 5) is 26.5. The second kappa shape index (κ2) is 9.09. The van der Waals surface area contributed by atoms with E-state index in [4.69, 9.17) is 13.9 Å². The highest BCUT2D eigenvalue weighted by Crippen LogP contribution is 2.77. The predicted octanol–water partition coefficient (Wildman–Crippen LogP) is 5.09. The summed E-state index contributed by atoms with van der Waals surface area (Å²) < 4.78 is 17.5. The number of fused-ring (bicyclic) bond motifs is 3. The van der Waals surface area contributed by atoms with Crippen molar-refractivity contribution in [2.75, 3.05) is 26.2 Å². The SMILES string of the molecule is C[C@]12CC[C@H](NC(=O)OCCN3CCCC3)C[C@H]1CC[C@@H]1[C@@H]2CC[C@]2(C)[C@@H](c3ccc(=O)oc3)C[C@H]3O[C@]132. The molecule has 2 aliphatic heterocycles. The summed E-state index contributed by atoms with van der Waals surface area (Å²) >= 11 is 0. The molecule has 1 spiro atoms. The Morgan fingerprint density at radius 1 is 1.08 bits per heavy atom. The number of hydrogen-bond donors (Lipinski definition) is 1. The van der Waals surface area contributed by atoms with Gasteiger partial charge in [0.05, 0.1) is 12.4 Å². The van der Waals surface area contributed by atoms with Crippen molar-refractivity contribution in [1.29, 1.82) is 0 Å². The van der Waals surface area contributed by atoms with Crippen LogP contribution in [0.1, 0.15) is 89.5 Å². The van der Waals surface area contributed by atoms with Gasteiger partial charge in [-0.25, -0.2) is 9.59 Å². The Bertz CT molecular complexity index is 1110. The predicted molar refractivity (Wildman–Crippen MR) is 143 cm³/mol. The monoisotopic (exact) mass is 524 g/mol. The van der Waals surface area contributed by atoms with Crippen LogP contribution in [0.3, 0.4) is 0 Å². The van der Waals surface area contributed by atoms with Crippen LogP contribution in [0.2, 0.25) is 0 Å². The first kappa shape index (κ1) is 25.1. The smallest absolute Gasteiger partial charge is 0.407 e. The van der Waals surface area contributed by atoms with Crippen LogP contribution in [0, 0.1) is 28.6 Å². The maximum Gasteiger partial charge on any atom is 0.407 e. The Labute approximate surface area is 226 Å². The van der Waals surface area contributed by atoms with E-state index in [0.29, 0.717) is 41.8 Å². The third-order valence-electron chi connectivity index (χ3n) is 12.4. The number of alkyl carbamates (subject to hydrolysis) is 1. The van der Waals surface area contributed by atoms with E-state index < -0.39 is 0 Å². The highest BCUT2D eigenvalue weighted by Gasteiger charge is 2.80. The van der Waals surface area contributed by atoms with Gasteiger partial charge in [0, 0.05) is 24.1 Å². The number of ether oxygens (including phenoxy) is 2. The Morgan fingerprint density at radius 3 is 2.71 bits per heavy atom. The van der Waals surface area contributed by atoms with Gasteiger partial charge in [-0.3, -0.25) is 4.90 Å². The molecule has 4 aliphatic carbocycles. The molecule has 0 unspecified atom stereocenters. The van der Waals surface area contributed by atoms with Gasteiger partial charge in [-0.15, -0.1) is 0 Å². The molecule has 3 heterocycles. The van der Waals surface area contributed by atoms with E-state index in [1.54, 1.807) is 12.3 Å². The molecule has 0 bridgehead atoms. The number of hydrogen-bond acceptors (Lipinski definition) is 6. The van der Waals surface area contributed by atoms with E-state index in [9.17, 15) is 9.59 Å². The van der Waals surface area contributed by atoms with E-state index in [0.717, 1.165) is 38.9 Å². The lowest BCUT2D eigenvalue weighted by molar-refractivity contribution is -0.129. The van der Waals surface area contributed by atoms with E-state index in [1.807, 2.05) is 6.07 Å². The molecule has 7 heteroatoms. The molecule has 0 radical (unpaired) electrons. The average molecular weight is 525 g/mol. The minimum Gasteiger partial charge on any atom is -0.448 e. The second-order valence-corrected chi connectivity index (χ2v) is 13.8. The normalized spacial score (nSPS) is 45.4. The molecule has 0 aromatic carbocycles. The molecule has 2 saturated heterocycles. The molecule has 7 rings (SSSR count). The fourth-order valence-electron chi connectivity index (χ4n) is 10.4. The van der Waals surface area contributed by atoms with Crippen LogP contribution in [-0.4, -0.2) is 55.0 Å². The standard InChI is InChI=1S/C31H44N2O5/c1-29-11-9-22(32-28(35)36-16-15-33-13-3-4-14-33)17-21(29)6-7-24-23(29)10-12-30(2)25(18-26-31(24,30)38-26)20-5-8-27(34)37-19-20/h5,8,19,21-26H,3-4,6-7,9-18H2,1-2H3,(H,32,35)/t21-,22+,23+,24-,25-,26-,29+,30-,31-/m1/s1. The van der Waals surface area contributed by atoms with Crippen molar-refractivity contribution in [1.82, 2.24) is 10.2 Å². The molecule has 9 atom stereocenters. The zero-order valence-corrected chi connectivity index (χ0v) is 23.1. The Hall–Kier alpha value is -1.86. The first-order chi connectivity index (χ1) is 18.3. The topological polar surface area (TPSA) is 84.3 Å². The van der Waals surface area contributed by atoms with Crippen LogP contribution < -0.4 is 10.9 Å². The second-order valence-electron chi connectivity index (χ2n) is 13.8. The van der Waals surface area contributed by atoms with Gasteiger partial charge in [0.15, 0.2) is 0 Å². The quantitative estimate of drug-likeness (QED) is 0.541. The molecule has 38 heavy (non-hydrogen) atoms. The zero-order chi connectivity index (χ0) is 26.1. The first-order valence-electron chi connectivity index (χ1n) is 15.3. The number of amides is 1. The summed E-state index contributed by atoms with van der Waals surface area (Å²) in [6, 6.07) is 3.78. The van der Waals surface area contributed by atoms with Gasteiger partial charge >= 0.3 is 11.7 Å². The maximum atomic E-state index is 12.5. The number of nitrogens with zero attached hydrogens (tertiary/aromatic N) is 1. The molecule has 1 amide bonds. The fraction of sp³-hybridized carbons (Fsp3) is 0.806. The Balaban J connectivity index is 1.00. The molecule has 6 fully saturated rings. The van der Waals surface area contributed by atoms with E-state index in [-0.39, 0.29) is 28.8 Å². The minimum absolute atomic E-state index is 0.0149. The molecule has 1 aromatic rings. The van der Waals surface area contributed by atoms with Crippen molar-refractivity contribution in [3.63, 3.8) is 0 Å². The lowest BCUT2D eigenvalue weighted by atomic mass is 9.44. The minimum atomic E-state index is -0.275. The Morgan fingerprint density at radius 2 is 1.92 bits per heavy atom. The summed E-state index contributed by atoms with van der Waals surface area (Å²) in [5, 5.41) is 3.22. The van der Waals surface area contributed by atoms with Gasteiger partial charge < -0.3 is 19.2 Å². The van der Waals surface area contributed by atoms with Crippen LogP contribution in [0.5, 0.6) is 0 Å². The number of epoxide rings is 1. The third kappa shape index (κ3) is 3.74. The van der Waals surface area contributed by atoms with Crippen molar-refractivity contribution in [3.05, 3.63) is 34.4 Å². The molecule has 7 nitrogen and oxygen atoms in total. The average Bonchev–Trinajstić information content (AvgIpc) is 3.24. The molecular weight excluding hydrogens is 480 g/mol. The summed E-state index contributed by atoms with van der Waals surface area (Å²) in [7, 11) is 0. The van der Waals surface area contributed by atoms with Crippen LogP contribution in [0.25, 0.3) is 0 Å². The molecule has 1 N–H and O–H groups in total. The highest BCUT2D eigenvalue weighted by atomic mass is 16.6. The van der Waals surface area contributed by atoms with Crippen molar-refractivity contribution < 1.29 is 18.7 Å². The van der Waals surface area contributed by atoms with Crippen LogP contribution in [0.15, 0.2) is 27.6 Å². The number of likely N-dealkylation sites (tertiary alicyclic amines) is 1. The molecule has 1 aromatic heterocycles. The van der Waals surface area contributed by atoms with Crippen molar-refractivity contribution in [2.45, 2.75) is 102 Å². The number of carbonyl (C=O) groups is 1. The Kier molecular flexibility index (Phi) is 6.01. The van der Waals surface area contributed by atoms with E-state index in [1.165, 1.54) is 50.5 Å². The lowest BCUT2D eigenvalue weighted by Crippen LogP contribution is -2.59. The molecule has 4 saturated carbocycles. The van der Waals surface area contributed by atoms with Gasteiger partial charge in [-0.2, -0.15) is 0 Å². The number of carbonyl (C=O) groups excluding carboxylic acids is 1. The van der Waals surface area contributed by atoms with Crippen molar-refractivity contribution >= 4 is 6.09 Å². The van der Waals surface area contributed by atoms with Gasteiger partial charge in [-0.1, -0.05) is 13.8 Å². The first-order valence-corrected chi connectivity index (χ1v) is 15.3. The van der Waals surface area contributed by atoms with Gasteiger partial charge in [0.2, 0.25) is 0 Å². The maximum absolute atomic E-state index is 12.5. The van der Waals surface area contributed by atoms with Crippen molar-refractivity contribution in [3.8, 4) is 0 Å². The summed E-state index contributed by atoms with van der Waals surface area (Å²) in [5.74, 6) is 2.33. The number of rotatable bonds is 5. The summed E-state index contributed by atoms with van der Waals surface area (Å²) in [6.07, 6.45) is 13.5.